The van der Waals surface area contributed by atoms with E-state index in [9.17, 15) is 4.79 Å². The molecule has 0 radical (unpaired) electrons. The molecule has 0 unspecified atom stereocenters. The molecule has 5 rings (SSSR count). The molecular formula is C19H22N4O. The molecule has 3 aliphatic heterocycles. The van der Waals surface area contributed by atoms with Gasteiger partial charge in [-0.15, -0.1) is 0 Å². The van der Waals surface area contributed by atoms with Crippen molar-refractivity contribution in [2.24, 2.45) is 5.92 Å². The summed E-state index contributed by atoms with van der Waals surface area (Å²) >= 11 is 0. The van der Waals surface area contributed by atoms with E-state index >= 15 is 0 Å². The van der Waals surface area contributed by atoms with Gasteiger partial charge in [-0.2, -0.15) is 0 Å². The van der Waals surface area contributed by atoms with Gasteiger partial charge in [-0.25, -0.2) is 0 Å². The molecule has 0 aromatic carbocycles. The van der Waals surface area contributed by atoms with Crippen LogP contribution in [0.2, 0.25) is 0 Å². The summed E-state index contributed by atoms with van der Waals surface area (Å²) in [5, 5.41) is 3.31. The second kappa shape index (κ2) is 6.69. The van der Waals surface area contributed by atoms with Crippen LogP contribution in [0.25, 0.3) is 0 Å². The number of carbonyl (C=O) groups excluding carboxylic acids is 1. The Morgan fingerprint density at radius 1 is 1.12 bits per heavy atom. The van der Waals surface area contributed by atoms with E-state index in [2.05, 4.69) is 26.3 Å². The maximum absolute atomic E-state index is 12.6. The molecule has 1 amide bonds. The summed E-state index contributed by atoms with van der Waals surface area (Å²) in [6.07, 6.45) is 10.4. The molecule has 0 aliphatic carbocycles. The highest BCUT2D eigenvalue weighted by molar-refractivity contribution is 5.94. The van der Waals surface area contributed by atoms with E-state index in [1.807, 2.05) is 12.3 Å². The van der Waals surface area contributed by atoms with Crippen LogP contribution in [0.5, 0.6) is 0 Å². The van der Waals surface area contributed by atoms with Gasteiger partial charge in [0.25, 0.3) is 5.91 Å². The number of aromatic nitrogens is 2. The van der Waals surface area contributed by atoms with Gasteiger partial charge in [0.2, 0.25) is 0 Å². The first kappa shape index (κ1) is 15.3. The monoisotopic (exact) mass is 322 g/mol. The summed E-state index contributed by atoms with van der Waals surface area (Å²) in [6, 6.07) is 8.20. The fraction of sp³-hybridized carbons (Fsp3) is 0.421. The van der Waals surface area contributed by atoms with Gasteiger partial charge in [-0.05, 0) is 62.0 Å². The lowest BCUT2D eigenvalue weighted by Gasteiger charge is -2.51. The molecule has 2 aromatic heterocycles. The Bertz CT molecular complexity index is 683. The van der Waals surface area contributed by atoms with Gasteiger partial charge in [0.05, 0.1) is 0 Å². The van der Waals surface area contributed by atoms with Gasteiger partial charge in [0, 0.05) is 42.4 Å². The summed E-state index contributed by atoms with van der Waals surface area (Å²) in [5.74, 6) is 0.579. The number of carbonyl (C=O) groups is 1. The molecule has 3 fully saturated rings. The lowest BCUT2D eigenvalue weighted by Crippen LogP contribution is -2.64. The highest BCUT2D eigenvalue weighted by atomic mass is 16.1. The number of hydrogen-bond acceptors (Lipinski definition) is 4. The molecule has 124 valence electrons. The standard InChI is InChI=1S/C19H22N4O/c24-19(16-3-8-20-9-4-16)22-18-15-5-10-23(11-6-15)17(18)12-14-2-1-7-21-13-14/h1-4,7-9,13,15,17-18H,5-6,10-12H2,(H,22,24)/t17-,18+/m0/s1. The van der Waals surface area contributed by atoms with Crippen LogP contribution in [0.1, 0.15) is 28.8 Å². The molecule has 1 N–H and O–H groups in total. The van der Waals surface area contributed by atoms with Crippen molar-refractivity contribution < 1.29 is 4.79 Å². The summed E-state index contributed by atoms with van der Waals surface area (Å²) in [6.45, 7) is 2.27. The number of rotatable bonds is 4. The van der Waals surface area contributed by atoms with Crippen LogP contribution in [-0.2, 0) is 6.42 Å². The second-order valence-electron chi connectivity index (χ2n) is 6.74. The largest absolute Gasteiger partial charge is 0.347 e. The fourth-order valence-corrected chi connectivity index (χ4v) is 4.12. The van der Waals surface area contributed by atoms with E-state index in [1.165, 1.54) is 18.4 Å². The van der Waals surface area contributed by atoms with Crippen molar-refractivity contribution in [1.29, 1.82) is 0 Å². The van der Waals surface area contributed by atoms with Crippen molar-refractivity contribution in [2.75, 3.05) is 13.1 Å². The third kappa shape index (κ3) is 3.04. The van der Waals surface area contributed by atoms with Crippen molar-refractivity contribution in [1.82, 2.24) is 20.2 Å². The van der Waals surface area contributed by atoms with E-state index in [0.29, 0.717) is 17.5 Å². The van der Waals surface area contributed by atoms with Crippen LogP contribution in [0.15, 0.2) is 49.1 Å². The molecule has 2 aromatic rings. The molecular weight excluding hydrogens is 300 g/mol. The van der Waals surface area contributed by atoms with E-state index in [0.717, 1.165) is 19.5 Å². The normalized spacial score (nSPS) is 28.5. The van der Waals surface area contributed by atoms with Crippen LogP contribution in [0, 0.1) is 5.92 Å². The molecule has 2 bridgehead atoms. The maximum Gasteiger partial charge on any atom is 0.251 e. The first-order valence-corrected chi connectivity index (χ1v) is 8.65. The number of nitrogens with zero attached hydrogens (tertiary/aromatic N) is 3. The van der Waals surface area contributed by atoms with Gasteiger partial charge in [0.15, 0.2) is 0 Å². The van der Waals surface area contributed by atoms with Crippen LogP contribution >= 0.6 is 0 Å². The lowest BCUT2D eigenvalue weighted by molar-refractivity contribution is 0.0136. The Kier molecular flexibility index (Phi) is 4.26. The Hall–Kier alpha value is -2.27. The summed E-state index contributed by atoms with van der Waals surface area (Å²) in [4.78, 5) is 23.4. The summed E-state index contributed by atoms with van der Waals surface area (Å²) in [7, 11) is 0. The summed E-state index contributed by atoms with van der Waals surface area (Å²) in [5.41, 5.74) is 1.92. The zero-order valence-electron chi connectivity index (χ0n) is 13.6. The van der Waals surface area contributed by atoms with Crippen molar-refractivity contribution >= 4 is 5.91 Å². The molecule has 5 heterocycles. The van der Waals surface area contributed by atoms with E-state index in [4.69, 9.17) is 0 Å². The van der Waals surface area contributed by atoms with Crippen molar-refractivity contribution in [3.8, 4) is 0 Å². The molecule has 24 heavy (non-hydrogen) atoms. The van der Waals surface area contributed by atoms with Gasteiger partial charge in [-0.1, -0.05) is 6.07 Å². The third-order valence-electron chi connectivity index (χ3n) is 5.37. The fourth-order valence-electron chi connectivity index (χ4n) is 4.12. The average Bonchev–Trinajstić information content (AvgIpc) is 2.66. The second-order valence-corrected chi connectivity index (χ2v) is 6.74. The van der Waals surface area contributed by atoms with Crippen molar-refractivity contribution in [3.63, 3.8) is 0 Å². The predicted octanol–water partition coefficient (Wildman–Crippen LogP) is 1.91. The quantitative estimate of drug-likeness (QED) is 0.934. The molecule has 5 heteroatoms. The topological polar surface area (TPSA) is 58.1 Å². The van der Waals surface area contributed by atoms with Crippen molar-refractivity contribution in [2.45, 2.75) is 31.3 Å². The lowest BCUT2D eigenvalue weighted by atomic mass is 9.76. The molecule has 0 spiro atoms. The number of amides is 1. The van der Waals surface area contributed by atoms with Gasteiger partial charge in [0.1, 0.15) is 0 Å². The third-order valence-corrected chi connectivity index (χ3v) is 5.37. The SMILES string of the molecule is O=C(N[C@@H]1C2CCN(CC2)[C@H]1Cc1cccnc1)c1ccncc1. The molecule has 3 aliphatic rings. The van der Waals surface area contributed by atoms with E-state index in [-0.39, 0.29) is 11.9 Å². The zero-order valence-corrected chi connectivity index (χ0v) is 13.6. The minimum Gasteiger partial charge on any atom is -0.347 e. The first-order chi connectivity index (χ1) is 11.8. The van der Waals surface area contributed by atoms with Crippen molar-refractivity contribution in [3.05, 3.63) is 60.2 Å². The molecule has 5 nitrogen and oxygen atoms in total. The van der Waals surface area contributed by atoms with Crippen LogP contribution in [0.4, 0.5) is 0 Å². The highest BCUT2D eigenvalue weighted by Crippen LogP contribution is 2.34. The molecule has 3 saturated heterocycles. The predicted molar refractivity (Wildman–Crippen MR) is 91.5 cm³/mol. The number of fused-ring (bicyclic) bond motifs is 3. The first-order valence-electron chi connectivity index (χ1n) is 8.65. The van der Waals surface area contributed by atoms with E-state index in [1.54, 1.807) is 30.7 Å². The number of nitrogens with one attached hydrogen (secondary N) is 1. The minimum absolute atomic E-state index is 0.00679. The summed E-state index contributed by atoms with van der Waals surface area (Å²) < 4.78 is 0. The average molecular weight is 322 g/mol. The van der Waals surface area contributed by atoms with Crippen LogP contribution in [-0.4, -0.2) is 45.9 Å². The van der Waals surface area contributed by atoms with Gasteiger partial charge < -0.3 is 5.32 Å². The van der Waals surface area contributed by atoms with Gasteiger partial charge >= 0.3 is 0 Å². The Labute approximate surface area is 142 Å². The van der Waals surface area contributed by atoms with E-state index < -0.39 is 0 Å². The maximum atomic E-state index is 12.6. The Balaban J connectivity index is 1.53. The molecule has 0 saturated carbocycles. The van der Waals surface area contributed by atoms with Crippen LogP contribution < -0.4 is 5.32 Å². The van der Waals surface area contributed by atoms with Gasteiger partial charge in [-0.3, -0.25) is 19.7 Å². The Morgan fingerprint density at radius 3 is 2.62 bits per heavy atom. The smallest absolute Gasteiger partial charge is 0.251 e. The minimum atomic E-state index is 0.00679. The van der Waals surface area contributed by atoms with Crippen LogP contribution in [0.3, 0.4) is 0 Å². The number of hydrogen-bond donors (Lipinski definition) is 1. The zero-order chi connectivity index (χ0) is 16.4. The number of pyridine rings is 2. The highest BCUT2D eigenvalue weighted by Gasteiger charge is 2.42. The number of piperidine rings is 3. The Morgan fingerprint density at radius 2 is 1.92 bits per heavy atom. The molecule has 2 atom stereocenters.